The maximum atomic E-state index is 5.60. The van der Waals surface area contributed by atoms with Crippen molar-refractivity contribution in [3.8, 4) is 5.75 Å². The molecule has 0 radical (unpaired) electrons. The van der Waals surface area contributed by atoms with Crippen molar-refractivity contribution >= 4 is 16.6 Å². The van der Waals surface area contributed by atoms with E-state index >= 15 is 0 Å². The summed E-state index contributed by atoms with van der Waals surface area (Å²) < 4.78 is 5.60. The van der Waals surface area contributed by atoms with E-state index in [4.69, 9.17) is 9.72 Å². The summed E-state index contributed by atoms with van der Waals surface area (Å²) in [6.45, 7) is 10.2. The Balaban J connectivity index is 2.52. The first-order chi connectivity index (χ1) is 9.65. The van der Waals surface area contributed by atoms with Crippen molar-refractivity contribution in [2.24, 2.45) is 0 Å². The van der Waals surface area contributed by atoms with E-state index < -0.39 is 0 Å². The highest BCUT2D eigenvalue weighted by molar-refractivity contribution is 5.92. The molecule has 1 heterocycles. The molecule has 1 aromatic heterocycles. The highest BCUT2D eigenvalue weighted by atomic mass is 16.5. The molecule has 1 N–H and O–H groups in total. The molecule has 0 unspecified atom stereocenters. The fourth-order valence-electron chi connectivity index (χ4n) is 2.18. The third kappa shape index (κ3) is 3.21. The molecule has 0 saturated heterocycles. The Bertz CT molecular complexity index is 578. The van der Waals surface area contributed by atoms with Crippen LogP contribution in [-0.4, -0.2) is 18.1 Å². The molecule has 0 atom stereocenters. The Kier molecular flexibility index (Phi) is 4.83. The number of nitrogens with one attached hydrogen (secondary N) is 1. The smallest absolute Gasteiger partial charge is 0.120 e. The molecule has 0 spiro atoms. The number of nitrogens with zero attached hydrogens (tertiary/aromatic N) is 1. The van der Waals surface area contributed by atoms with E-state index in [1.54, 1.807) is 0 Å². The second-order valence-corrected chi connectivity index (χ2v) is 5.29. The zero-order valence-corrected chi connectivity index (χ0v) is 12.9. The Labute approximate surface area is 121 Å². The first kappa shape index (κ1) is 14.6. The van der Waals surface area contributed by atoms with E-state index in [0.717, 1.165) is 41.0 Å². The molecule has 0 amide bonds. The van der Waals surface area contributed by atoms with Crippen LogP contribution in [-0.2, 0) is 0 Å². The lowest BCUT2D eigenvalue weighted by atomic mass is 10.1. The third-order valence-electron chi connectivity index (χ3n) is 3.27. The highest BCUT2D eigenvalue weighted by Gasteiger charge is 2.09. The van der Waals surface area contributed by atoms with Crippen LogP contribution in [0.5, 0.6) is 5.75 Å². The van der Waals surface area contributed by atoms with Crippen LogP contribution in [0.3, 0.4) is 0 Å². The molecule has 108 valence electrons. The summed E-state index contributed by atoms with van der Waals surface area (Å²) >= 11 is 0. The van der Waals surface area contributed by atoms with Gasteiger partial charge in [-0.1, -0.05) is 20.8 Å². The van der Waals surface area contributed by atoms with Gasteiger partial charge < -0.3 is 10.1 Å². The lowest BCUT2D eigenvalue weighted by molar-refractivity contribution is 0.340. The number of rotatable bonds is 6. The molecular weight excluding hydrogens is 248 g/mol. The standard InChI is InChI=1S/C17H24N2O/c1-5-9-18-17-11-16(12(3)4)19-15-8-7-13(20-6-2)10-14(15)17/h7-8,10-12H,5-6,9H2,1-4H3,(H,18,19). The van der Waals surface area contributed by atoms with Gasteiger partial charge in [-0.15, -0.1) is 0 Å². The van der Waals surface area contributed by atoms with E-state index in [1.165, 1.54) is 0 Å². The van der Waals surface area contributed by atoms with Gasteiger partial charge >= 0.3 is 0 Å². The van der Waals surface area contributed by atoms with Crippen molar-refractivity contribution in [2.45, 2.75) is 40.0 Å². The summed E-state index contributed by atoms with van der Waals surface area (Å²) in [6.07, 6.45) is 1.10. The van der Waals surface area contributed by atoms with Crippen molar-refractivity contribution in [1.82, 2.24) is 4.98 Å². The maximum Gasteiger partial charge on any atom is 0.120 e. The van der Waals surface area contributed by atoms with E-state index in [2.05, 4.69) is 38.2 Å². The molecule has 2 rings (SSSR count). The summed E-state index contributed by atoms with van der Waals surface area (Å²) in [7, 11) is 0. The third-order valence-corrected chi connectivity index (χ3v) is 3.27. The SMILES string of the molecule is CCCNc1cc(C(C)C)nc2ccc(OCC)cc12. The molecule has 2 aromatic rings. The molecule has 0 aliphatic rings. The first-order valence-corrected chi connectivity index (χ1v) is 7.47. The first-order valence-electron chi connectivity index (χ1n) is 7.47. The van der Waals surface area contributed by atoms with Crippen LogP contribution in [0.4, 0.5) is 5.69 Å². The zero-order chi connectivity index (χ0) is 14.5. The molecule has 0 saturated carbocycles. The van der Waals surface area contributed by atoms with Crippen molar-refractivity contribution in [2.75, 3.05) is 18.5 Å². The van der Waals surface area contributed by atoms with Gasteiger partial charge in [0, 0.05) is 23.3 Å². The number of benzene rings is 1. The minimum absolute atomic E-state index is 0.424. The average Bonchev–Trinajstić information content (AvgIpc) is 2.44. The van der Waals surface area contributed by atoms with Gasteiger partial charge in [0.1, 0.15) is 5.75 Å². The number of ether oxygens (including phenoxy) is 1. The summed E-state index contributed by atoms with van der Waals surface area (Å²) in [5, 5.41) is 4.64. The quantitative estimate of drug-likeness (QED) is 0.835. The van der Waals surface area contributed by atoms with Gasteiger partial charge in [-0.25, -0.2) is 0 Å². The Morgan fingerprint density at radius 1 is 1.20 bits per heavy atom. The van der Waals surface area contributed by atoms with Gasteiger partial charge in [0.05, 0.1) is 12.1 Å². The molecule has 3 nitrogen and oxygen atoms in total. The number of hydrogen-bond acceptors (Lipinski definition) is 3. The number of pyridine rings is 1. The molecule has 20 heavy (non-hydrogen) atoms. The van der Waals surface area contributed by atoms with E-state index in [9.17, 15) is 0 Å². The summed E-state index contributed by atoms with van der Waals surface area (Å²) in [4.78, 5) is 4.75. The van der Waals surface area contributed by atoms with Crippen LogP contribution in [0, 0.1) is 0 Å². The Morgan fingerprint density at radius 2 is 2.00 bits per heavy atom. The van der Waals surface area contributed by atoms with Gasteiger partial charge in [0.25, 0.3) is 0 Å². The monoisotopic (exact) mass is 272 g/mol. The van der Waals surface area contributed by atoms with Gasteiger partial charge in [0.2, 0.25) is 0 Å². The molecule has 3 heteroatoms. The lowest BCUT2D eigenvalue weighted by Crippen LogP contribution is -2.03. The predicted molar refractivity (Wildman–Crippen MR) is 85.8 cm³/mol. The van der Waals surface area contributed by atoms with Gasteiger partial charge in [-0.2, -0.15) is 0 Å². The van der Waals surface area contributed by atoms with Gasteiger partial charge in [0.15, 0.2) is 0 Å². The zero-order valence-electron chi connectivity index (χ0n) is 12.9. The van der Waals surface area contributed by atoms with Crippen molar-refractivity contribution < 1.29 is 4.74 Å². The normalized spacial score (nSPS) is 11.1. The fourth-order valence-corrected chi connectivity index (χ4v) is 2.18. The minimum atomic E-state index is 0.424. The number of anilines is 1. The predicted octanol–water partition coefficient (Wildman–Crippen LogP) is 4.58. The van der Waals surface area contributed by atoms with Crippen LogP contribution < -0.4 is 10.1 Å². The highest BCUT2D eigenvalue weighted by Crippen LogP contribution is 2.29. The van der Waals surface area contributed by atoms with Gasteiger partial charge in [-0.3, -0.25) is 4.98 Å². The van der Waals surface area contributed by atoms with Crippen molar-refractivity contribution in [3.63, 3.8) is 0 Å². The minimum Gasteiger partial charge on any atom is -0.494 e. The number of fused-ring (bicyclic) bond motifs is 1. The molecule has 0 bridgehead atoms. The maximum absolute atomic E-state index is 5.60. The fraction of sp³-hybridized carbons (Fsp3) is 0.471. The second kappa shape index (κ2) is 6.60. The lowest BCUT2D eigenvalue weighted by Gasteiger charge is -2.14. The van der Waals surface area contributed by atoms with Crippen LogP contribution in [0.2, 0.25) is 0 Å². The van der Waals surface area contributed by atoms with Gasteiger partial charge in [-0.05, 0) is 43.5 Å². The Hall–Kier alpha value is -1.77. The second-order valence-electron chi connectivity index (χ2n) is 5.29. The molecule has 1 aromatic carbocycles. The summed E-state index contributed by atoms with van der Waals surface area (Å²) in [5.74, 6) is 1.33. The van der Waals surface area contributed by atoms with E-state index in [1.807, 2.05) is 19.1 Å². The largest absolute Gasteiger partial charge is 0.494 e. The average molecular weight is 272 g/mol. The van der Waals surface area contributed by atoms with Crippen LogP contribution in [0.1, 0.15) is 45.7 Å². The Morgan fingerprint density at radius 3 is 2.65 bits per heavy atom. The summed E-state index contributed by atoms with van der Waals surface area (Å²) in [6, 6.07) is 8.28. The van der Waals surface area contributed by atoms with Crippen LogP contribution in [0.15, 0.2) is 24.3 Å². The van der Waals surface area contributed by atoms with E-state index in [-0.39, 0.29) is 0 Å². The number of hydrogen-bond donors (Lipinski definition) is 1. The summed E-state index contributed by atoms with van der Waals surface area (Å²) in [5.41, 5.74) is 3.31. The van der Waals surface area contributed by atoms with Crippen LogP contribution in [0.25, 0.3) is 10.9 Å². The van der Waals surface area contributed by atoms with Crippen molar-refractivity contribution in [3.05, 3.63) is 30.0 Å². The van der Waals surface area contributed by atoms with Crippen molar-refractivity contribution in [1.29, 1.82) is 0 Å². The topological polar surface area (TPSA) is 34.2 Å². The van der Waals surface area contributed by atoms with Crippen LogP contribution >= 0.6 is 0 Å². The van der Waals surface area contributed by atoms with E-state index in [0.29, 0.717) is 12.5 Å². The molecular formula is C17H24N2O. The molecule has 0 aliphatic heterocycles. The number of aromatic nitrogens is 1. The molecule has 0 fully saturated rings. The molecule has 0 aliphatic carbocycles.